The highest BCUT2D eigenvalue weighted by Crippen LogP contribution is 2.17. The third-order valence-corrected chi connectivity index (χ3v) is 4.22. The topological polar surface area (TPSA) is 74.3 Å². The number of nitrogens with zero attached hydrogens (tertiary/aromatic N) is 2. The van der Waals surface area contributed by atoms with E-state index < -0.39 is 0 Å². The molecule has 0 aromatic carbocycles. The van der Waals surface area contributed by atoms with Crippen LogP contribution < -0.4 is 10.6 Å². The van der Waals surface area contributed by atoms with Crippen LogP contribution in [0.3, 0.4) is 0 Å². The van der Waals surface area contributed by atoms with Crippen molar-refractivity contribution in [2.75, 3.05) is 24.2 Å². The number of piperidine rings is 1. The average molecular weight is 322 g/mol. The van der Waals surface area contributed by atoms with Crippen LogP contribution in [-0.4, -0.2) is 46.7 Å². The molecule has 1 unspecified atom stereocenters. The molecule has 1 aliphatic heterocycles. The van der Waals surface area contributed by atoms with Gasteiger partial charge in [-0.15, -0.1) is 11.8 Å². The molecule has 2 heterocycles. The molecule has 2 rings (SSSR count). The molecule has 1 aromatic heterocycles. The first-order valence-electron chi connectivity index (χ1n) is 7.50. The summed E-state index contributed by atoms with van der Waals surface area (Å²) >= 11 is 1.66. The van der Waals surface area contributed by atoms with Crippen molar-refractivity contribution in [2.45, 2.75) is 37.8 Å². The highest BCUT2D eigenvalue weighted by molar-refractivity contribution is 7.99. The first-order chi connectivity index (χ1) is 10.6. The second-order valence-corrected chi connectivity index (χ2v) is 6.52. The third-order valence-electron chi connectivity index (χ3n) is 3.40. The Morgan fingerprint density at radius 2 is 2.27 bits per heavy atom. The van der Waals surface area contributed by atoms with E-state index in [4.69, 9.17) is 0 Å². The van der Waals surface area contributed by atoms with E-state index in [0.29, 0.717) is 18.8 Å². The van der Waals surface area contributed by atoms with Gasteiger partial charge in [0.2, 0.25) is 5.91 Å². The Morgan fingerprint density at radius 1 is 1.45 bits per heavy atom. The number of aromatic nitrogens is 1. The molecule has 0 radical (unpaired) electrons. The second-order valence-electron chi connectivity index (χ2n) is 5.23. The molecule has 3 amide bonds. The number of thioether (sulfide) groups is 1. The minimum atomic E-state index is -0.146. The summed E-state index contributed by atoms with van der Waals surface area (Å²) in [6, 6.07) is 3.66. The summed E-state index contributed by atoms with van der Waals surface area (Å²) in [7, 11) is 0. The van der Waals surface area contributed by atoms with Gasteiger partial charge in [0.25, 0.3) is 0 Å². The van der Waals surface area contributed by atoms with Gasteiger partial charge < -0.3 is 15.5 Å². The molecule has 22 heavy (non-hydrogen) atoms. The second kappa shape index (κ2) is 8.03. The molecule has 6 nitrogen and oxygen atoms in total. The molecule has 1 saturated heterocycles. The first-order valence-corrected chi connectivity index (χ1v) is 8.49. The molecule has 1 fully saturated rings. The predicted molar refractivity (Wildman–Crippen MR) is 88.1 cm³/mol. The van der Waals surface area contributed by atoms with E-state index in [1.165, 1.54) is 6.92 Å². The van der Waals surface area contributed by atoms with Gasteiger partial charge in [-0.05, 0) is 30.7 Å². The molecule has 1 aromatic rings. The standard InChI is InChI=1S/C15H22N4O2S/c1-3-22-14-7-6-12(9-16-14)18-15(21)19-8-4-5-13(10-19)17-11(2)20/h6-7,9,13H,3-5,8,10H2,1-2H3,(H,17,20)(H,18,21). The molecule has 2 N–H and O–H groups in total. The lowest BCUT2D eigenvalue weighted by molar-refractivity contribution is -0.119. The predicted octanol–water partition coefficient (Wildman–Crippen LogP) is 2.33. The monoisotopic (exact) mass is 322 g/mol. The summed E-state index contributed by atoms with van der Waals surface area (Å²) in [6.07, 6.45) is 3.47. The van der Waals surface area contributed by atoms with Crippen molar-refractivity contribution in [1.29, 1.82) is 0 Å². The van der Waals surface area contributed by atoms with E-state index >= 15 is 0 Å². The molecule has 0 spiro atoms. The third kappa shape index (κ3) is 4.91. The Labute approximate surface area is 135 Å². The van der Waals surface area contributed by atoms with E-state index in [9.17, 15) is 9.59 Å². The van der Waals surface area contributed by atoms with Crippen LogP contribution in [0.5, 0.6) is 0 Å². The van der Waals surface area contributed by atoms with Gasteiger partial charge in [-0.3, -0.25) is 4.79 Å². The van der Waals surface area contributed by atoms with Gasteiger partial charge in [0.05, 0.1) is 16.9 Å². The van der Waals surface area contributed by atoms with Crippen LogP contribution in [0.4, 0.5) is 10.5 Å². The number of hydrogen-bond acceptors (Lipinski definition) is 4. The number of amides is 3. The van der Waals surface area contributed by atoms with Gasteiger partial charge in [-0.2, -0.15) is 0 Å². The van der Waals surface area contributed by atoms with Crippen LogP contribution in [0.25, 0.3) is 0 Å². The Hall–Kier alpha value is -1.76. The van der Waals surface area contributed by atoms with Gasteiger partial charge >= 0.3 is 6.03 Å². The van der Waals surface area contributed by atoms with Crippen molar-refractivity contribution in [3.05, 3.63) is 18.3 Å². The molecular formula is C15H22N4O2S. The number of nitrogens with one attached hydrogen (secondary N) is 2. The van der Waals surface area contributed by atoms with Crippen LogP contribution in [0.2, 0.25) is 0 Å². The largest absolute Gasteiger partial charge is 0.352 e. The quantitative estimate of drug-likeness (QED) is 0.834. The Bertz CT molecular complexity index is 521. The van der Waals surface area contributed by atoms with E-state index in [1.807, 2.05) is 12.1 Å². The SMILES string of the molecule is CCSc1ccc(NC(=O)N2CCCC(NC(C)=O)C2)cn1. The molecule has 7 heteroatoms. The summed E-state index contributed by atoms with van der Waals surface area (Å²) in [5.41, 5.74) is 0.687. The molecule has 1 atom stereocenters. The maximum absolute atomic E-state index is 12.3. The molecule has 120 valence electrons. The summed E-state index contributed by atoms with van der Waals surface area (Å²) in [4.78, 5) is 29.4. The number of anilines is 1. The number of pyridine rings is 1. The zero-order valence-corrected chi connectivity index (χ0v) is 13.8. The lowest BCUT2D eigenvalue weighted by atomic mass is 10.1. The fraction of sp³-hybridized carbons (Fsp3) is 0.533. The summed E-state index contributed by atoms with van der Waals surface area (Å²) in [5, 5.41) is 6.68. The Morgan fingerprint density at radius 3 is 2.91 bits per heavy atom. The number of rotatable bonds is 4. The van der Waals surface area contributed by atoms with Crippen molar-refractivity contribution in [2.24, 2.45) is 0 Å². The van der Waals surface area contributed by atoms with Crippen molar-refractivity contribution in [1.82, 2.24) is 15.2 Å². The molecular weight excluding hydrogens is 300 g/mol. The van der Waals surface area contributed by atoms with E-state index in [0.717, 1.165) is 23.6 Å². The fourth-order valence-electron chi connectivity index (χ4n) is 2.46. The zero-order chi connectivity index (χ0) is 15.9. The number of hydrogen-bond donors (Lipinski definition) is 2. The smallest absolute Gasteiger partial charge is 0.321 e. The van der Waals surface area contributed by atoms with E-state index in [-0.39, 0.29) is 18.0 Å². The van der Waals surface area contributed by atoms with Crippen LogP contribution in [0.15, 0.2) is 23.4 Å². The summed E-state index contributed by atoms with van der Waals surface area (Å²) in [5.74, 6) is 0.914. The minimum Gasteiger partial charge on any atom is -0.352 e. The van der Waals surface area contributed by atoms with Gasteiger partial charge in [-0.1, -0.05) is 6.92 Å². The zero-order valence-electron chi connectivity index (χ0n) is 13.0. The van der Waals surface area contributed by atoms with Crippen LogP contribution in [-0.2, 0) is 4.79 Å². The van der Waals surface area contributed by atoms with Crippen LogP contribution >= 0.6 is 11.8 Å². The maximum atomic E-state index is 12.3. The number of carbonyl (C=O) groups excluding carboxylic acids is 2. The molecule has 0 aliphatic carbocycles. The maximum Gasteiger partial charge on any atom is 0.321 e. The normalized spacial score (nSPS) is 17.9. The minimum absolute atomic E-state index is 0.0402. The van der Waals surface area contributed by atoms with Crippen molar-refractivity contribution in [3.63, 3.8) is 0 Å². The van der Waals surface area contributed by atoms with Crippen LogP contribution in [0, 0.1) is 0 Å². The lowest BCUT2D eigenvalue weighted by Crippen LogP contribution is -2.50. The lowest BCUT2D eigenvalue weighted by Gasteiger charge is -2.32. The van der Waals surface area contributed by atoms with Gasteiger partial charge in [0.15, 0.2) is 0 Å². The number of carbonyl (C=O) groups is 2. The van der Waals surface area contributed by atoms with E-state index in [1.54, 1.807) is 22.9 Å². The molecule has 1 aliphatic rings. The highest BCUT2D eigenvalue weighted by atomic mass is 32.2. The average Bonchev–Trinajstić information content (AvgIpc) is 2.49. The Balaban J connectivity index is 1.89. The highest BCUT2D eigenvalue weighted by Gasteiger charge is 2.24. The molecule has 0 saturated carbocycles. The van der Waals surface area contributed by atoms with Crippen molar-refractivity contribution < 1.29 is 9.59 Å². The van der Waals surface area contributed by atoms with Gasteiger partial charge in [0, 0.05) is 26.1 Å². The number of urea groups is 1. The van der Waals surface area contributed by atoms with Crippen LogP contribution in [0.1, 0.15) is 26.7 Å². The number of likely N-dealkylation sites (tertiary alicyclic amines) is 1. The van der Waals surface area contributed by atoms with E-state index in [2.05, 4.69) is 22.5 Å². The van der Waals surface area contributed by atoms with Gasteiger partial charge in [-0.25, -0.2) is 9.78 Å². The van der Waals surface area contributed by atoms with Crippen molar-refractivity contribution >= 4 is 29.4 Å². The summed E-state index contributed by atoms with van der Waals surface area (Å²) < 4.78 is 0. The van der Waals surface area contributed by atoms with Gasteiger partial charge in [0.1, 0.15) is 0 Å². The Kier molecular flexibility index (Phi) is 6.06. The molecule has 0 bridgehead atoms. The fourth-order valence-corrected chi connectivity index (χ4v) is 3.04. The van der Waals surface area contributed by atoms with Crippen molar-refractivity contribution in [3.8, 4) is 0 Å². The summed E-state index contributed by atoms with van der Waals surface area (Å²) in [6.45, 7) is 4.83. The first kappa shape index (κ1) is 16.6.